The first kappa shape index (κ1) is 20.5. The van der Waals surface area contributed by atoms with Gasteiger partial charge < -0.3 is 5.32 Å². The molecule has 0 fully saturated rings. The van der Waals surface area contributed by atoms with Gasteiger partial charge in [0.05, 0.1) is 5.75 Å². The first-order valence-corrected chi connectivity index (χ1v) is 9.49. The zero-order valence-corrected chi connectivity index (χ0v) is 16.4. The molecule has 0 aromatic heterocycles. The molecule has 27 heavy (non-hydrogen) atoms. The van der Waals surface area contributed by atoms with Gasteiger partial charge in [0.15, 0.2) is 0 Å². The number of carbonyl (C=O) groups is 3. The summed E-state index contributed by atoms with van der Waals surface area (Å²) in [7, 11) is 0. The Balaban J connectivity index is 1.74. The summed E-state index contributed by atoms with van der Waals surface area (Å²) in [5, 5.41) is 2.60. The minimum absolute atomic E-state index is 0.174. The van der Waals surface area contributed by atoms with E-state index in [0.717, 1.165) is 16.0 Å². The van der Waals surface area contributed by atoms with Crippen molar-refractivity contribution < 1.29 is 14.4 Å². The van der Waals surface area contributed by atoms with Crippen LogP contribution in [-0.4, -0.2) is 29.5 Å². The summed E-state index contributed by atoms with van der Waals surface area (Å²) in [6, 6.07) is 14.1. The lowest BCUT2D eigenvalue weighted by Crippen LogP contribution is -2.51. The molecular formula is C20H23N3O3S. The normalized spacial score (nSPS) is 11.4. The smallest absolute Gasteiger partial charge is 0.260 e. The molecule has 0 saturated heterocycles. The second-order valence-electron chi connectivity index (χ2n) is 6.20. The number of rotatable bonds is 6. The van der Waals surface area contributed by atoms with Gasteiger partial charge in [0.2, 0.25) is 5.91 Å². The highest BCUT2D eigenvalue weighted by Crippen LogP contribution is 2.17. The molecule has 0 spiro atoms. The van der Waals surface area contributed by atoms with Crippen LogP contribution < -0.4 is 16.2 Å². The molecular weight excluding hydrogens is 362 g/mol. The Labute approximate surface area is 163 Å². The average molecular weight is 385 g/mol. The number of hydrogen-bond donors (Lipinski definition) is 3. The zero-order valence-electron chi connectivity index (χ0n) is 15.5. The Morgan fingerprint density at radius 1 is 0.963 bits per heavy atom. The summed E-state index contributed by atoms with van der Waals surface area (Å²) in [6.07, 6.45) is 0. The van der Waals surface area contributed by atoms with E-state index in [0.29, 0.717) is 5.56 Å². The molecule has 142 valence electrons. The Hall–Kier alpha value is -2.80. The van der Waals surface area contributed by atoms with E-state index in [4.69, 9.17) is 0 Å². The van der Waals surface area contributed by atoms with E-state index >= 15 is 0 Å². The Morgan fingerprint density at radius 3 is 2.33 bits per heavy atom. The van der Waals surface area contributed by atoms with E-state index in [2.05, 4.69) is 16.2 Å². The largest absolute Gasteiger partial charge is 0.340 e. The van der Waals surface area contributed by atoms with E-state index < -0.39 is 11.9 Å². The summed E-state index contributed by atoms with van der Waals surface area (Å²) < 4.78 is 0. The van der Waals surface area contributed by atoms with Gasteiger partial charge in [-0.3, -0.25) is 25.2 Å². The molecule has 3 N–H and O–H groups in total. The van der Waals surface area contributed by atoms with E-state index in [-0.39, 0.29) is 17.6 Å². The van der Waals surface area contributed by atoms with Crippen molar-refractivity contribution in [2.24, 2.45) is 0 Å². The maximum absolute atomic E-state index is 12.2. The second-order valence-corrected chi connectivity index (χ2v) is 7.25. The molecule has 0 aliphatic rings. The summed E-state index contributed by atoms with van der Waals surface area (Å²) >= 11 is 1.37. The summed E-state index contributed by atoms with van der Waals surface area (Å²) in [6.45, 7) is 5.43. The fourth-order valence-electron chi connectivity index (χ4n) is 2.19. The number of thioether (sulfide) groups is 1. The third-order valence-corrected chi connectivity index (χ3v) is 4.75. The van der Waals surface area contributed by atoms with Gasteiger partial charge in [0.1, 0.15) is 6.04 Å². The van der Waals surface area contributed by atoms with Gasteiger partial charge in [-0.1, -0.05) is 35.4 Å². The Bertz CT molecular complexity index is 821. The number of carbonyl (C=O) groups excluding carboxylic acids is 3. The second kappa shape index (κ2) is 9.78. The third-order valence-electron chi connectivity index (χ3n) is 3.74. The number of benzene rings is 2. The van der Waals surface area contributed by atoms with E-state index in [1.165, 1.54) is 11.8 Å². The maximum atomic E-state index is 12.2. The van der Waals surface area contributed by atoms with E-state index in [1.54, 1.807) is 25.1 Å². The molecule has 7 heteroatoms. The molecule has 6 nitrogen and oxygen atoms in total. The van der Waals surface area contributed by atoms with Gasteiger partial charge in [-0.2, -0.15) is 0 Å². The Morgan fingerprint density at radius 2 is 1.67 bits per heavy atom. The lowest BCUT2D eigenvalue weighted by atomic mass is 10.1. The van der Waals surface area contributed by atoms with Gasteiger partial charge in [-0.15, -0.1) is 11.8 Å². The van der Waals surface area contributed by atoms with Gasteiger partial charge >= 0.3 is 0 Å². The van der Waals surface area contributed by atoms with Crippen molar-refractivity contribution in [3.05, 3.63) is 65.2 Å². The van der Waals surface area contributed by atoms with Crippen molar-refractivity contribution in [1.29, 1.82) is 0 Å². The molecule has 3 amide bonds. The molecule has 2 aromatic carbocycles. The SMILES string of the molecule is Cc1ccc(SCC(=O)NNC(=O)[C@H](C)NC(=O)c2cccc(C)c2)cc1. The van der Waals surface area contributed by atoms with Gasteiger partial charge in [0, 0.05) is 10.5 Å². The lowest BCUT2D eigenvalue weighted by Gasteiger charge is -2.15. The standard InChI is InChI=1S/C20H23N3O3S/c1-13-7-9-17(10-8-13)27-12-18(24)22-23-19(25)15(3)21-20(26)16-6-4-5-14(2)11-16/h4-11,15H,12H2,1-3H3,(H,21,26)(H,22,24)(H,23,25)/t15-/m0/s1. The molecule has 1 atom stereocenters. The fraction of sp³-hybridized carbons (Fsp3) is 0.250. The van der Waals surface area contributed by atoms with Gasteiger partial charge in [0.25, 0.3) is 11.8 Å². The number of hydrazine groups is 1. The quantitative estimate of drug-likeness (QED) is 0.526. The highest BCUT2D eigenvalue weighted by Gasteiger charge is 2.17. The van der Waals surface area contributed by atoms with Crippen LogP contribution in [-0.2, 0) is 9.59 Å². The summed E-state index contributed by atoms with van der Waals surface area (Å²) in [5.74, 6) is -0.994. The van der Waals surface area contributed by atoms with Crippen LogP contribution in [0.3, 0.4) is 0 Å². The molecule has 2 aromatic rings. The van der Waals surface area contributed by atoms with Crippen LogP contribution in [0.25, 0.3) is 0 Å². The zero-order chi connectivity index (χ0) is 19.8. The first-order chi connectivity index (χ1) is 12.8. The highest BCUT2D eigenvalue weighted by atomic mass is 32.2. The van der Waals surface area contributed by atoms with Crippen LogP contribution in [0.2, 0.25) is 0 Å². The van der Waals surface area contributed by atoms with Crippen molar-refractivity contribution in [2.45, 2.75) is 31.7 Å². The van der Waals surface area contributed by atoms with E-state index in [9.17, 15) is 14.4 Å². The summed E-state index contributed by atoms with van der Waals surface area (Å²) in [5.41, 5.74) is 7.27. The number of nitrogens with one attached hydrogen (secondary N) is 3. The average Bonchev–Trinajstić information content (AvgIpc) is 2.65. The molecule has 0 heterocycles. The Kier molecular flexibility index (Phi) is 7.43. The van der Waals surface area contributed by atoms with Crippen LogP contribution in [0.4, 0.5) is 0 Å². The minimum atomic E-state index is -0.789. The van der Waals surface area contributed by atoms with Crippen LogP contribution in [0.5, 0.6) is 0 Å². The van der Waals surface area contributed by atoms with Gasteiger partial charge in [-0.05, 0) is 45.0 Å². The monoisotopic (exact) mass is 385 g/mol. The topological polar surface area (TPSA) is 87.3 Å². The fourth-order valence-corrected chi connectivity index (χ4v) is 2.89. The molecule has 0 radical (unpaired) electrons. The van der Waals surface area contributed by atoms with Crippen molar-refractivity contribution in [3.8, 4) is 0 Å². The maximum Gasteiger partial charge on any atom is 0.260 e. The van der Waals surface area contributed by atoms with Crippen molar-refractivity contribution in [2.75, 3.05) is 5.75 Å². The molecule has 2 rings (SSSR count). The summed E-state index contributed by atoms with van der Waals surface area (Å²) in [4.78, 5) is 37.0. The van der Waals surface area contributed by atoms with Crippen molar-refractivity contribution in [3.63, 3.8) is 0 Å². The van der Waals surface area contributed by atoms with Crippen LogP contribution in [0.15, 0.2) is 53.4 Å². The minimum Gasteiger partial charge on any atom is -0.340 e. The van der Waals surface area contributed by atoms with Crippen LogP contribution in [0.1, 0.15) is 28.4 Å². The molecule has 0 unspecified atom stereocenters. The predicted molar refractivity (Wildman–Crippen MR) is 106 cm³/mol. The molecule has 0 aliphatic carbocycles. The van der Waals surface area contributed by atoms with Gasteiger partial charge in [-0.25, -0.2) is 0 Å². The molecule has 0 saturated carbocycles. The van der Waals surface area contributed by atoms with Crippen LogP contribution >= 0.6 is 11.8 Å². The third kappa shape index (κ3) is 6.79. The first-order valence-electron chi connectivity index (χ1n) is 8.51. The van der Waals surface area contributed by atoms with Crippen molar-refractivity contribution >= 4 is 29.5 Å². The number of aryl methyl sites for hydroxylation is 2. The number of hydrogen-bond acceptors (Lipinski definition) is 4. The lowest BCUT2D eigenvalue weighted by molar-refractivity contribution is -0.128. The molecule has 0 bridgehead atoms. The predicted octanol–water partition coefficient (Wildman–Crippen LogP) is 2.36. The van der Waals surface area contributed by atoms with E-state index in [1.807, 2.05) is 44.2 Å². The molecule has 0 aliphatic heterocycles. The van der Waals surface area contributed by atoms with Crippen molar-refractivity contribution in [1.82, 2.24) is 16.2 Å². The number of amides is 3. The highest BCUT2D eigenvalue weighted by molar-refractivity contribution is 8.00. The van der Waals surface area contributed by atoms with Crippen LogP contribution in [0, 0.1) is 13.8 Å².